The minimum atomic E-state index is -0.451. The van der Waals surface area contributed by atoms with Gasteiger partial charge >= 0.3 is 0 Å². The minimum Gasteiger partial charge on any atom is -0.399 e. The van der Waals surface area contributed by atoms with Crippen molar-refractivity contribution in [2.75, 3.05) is 17.6 Å². The third kappa shape index (κ3) is 4.05. The number of nitrogens with zero attached hydrogens (tertiary/aromatic N) is 1. The summed E-state index contributed by atoms with van der Waals surface area (Å²) in [6.07, 6.45) is 2.01. The van der Waals surface area contributed by atoms with Crippen LogP contribution in [0.5, 0.6) is 0 Å². The number of nitro benzene ring substituents is 1. The molecule has 2 rings (SSSR count). The second-order valence-electron chi connectivity index (χ2n) is 4.90. The number of aldehydes is 1. The maximum absolute atomic E-state index is 11.0. The van der Waals surface area contributed by atoms with E-state index in [2.05, 4.69) is 5.32 Å². The number of hydrogen-bond acceptors (Lipinski definition) is 5. The number of nitrogens with two attached hydrogens (primary N) is 1. The molecule has 3 N–H and O–H groups in total. The Labute approximate surface area is 128 Å². The third-order valence-electron chi connectivity index (χ3n) is 3.29. The van der Waals surface area contributed by atoms with Gasteiger partial charge in [-0.15, -0.1) is 0 Å². The van der Waals surface area contributed by atoms with Crippen molar-refractivity contribution in [2.24, 2.45) is 0 Å². The highest BCUT2D eigenvalue weighted by Gasteiger charge is 2.13. The summed E-state index contributed by atoms with van der Waals surface area (Å²) in [6.45, 7) is 0.567. The van der Waals surface area contributed by atoms with Crippen molar-refractivity contribution in [3.05, 3.63) is 63.7 Å². The van der Waals surface area contributed by atoms with Crippen molar-refractivity contribution in [2.45, 2.75) is 12.8 Å². The molecule has 0 aliphatic carbocycles. The highest BCUT2D eigenvalue weighted by atomic mass is 16.6. The number of rotatable bonds is 7. The van der Waals surface area contributed by atoms with E-state index in [1.54, 1.807) is 12.1 Å². The van der Waals surface area contributed by atoms with E-state index in [-0.39, 0.29) is 5.69 Å². The molecule has 0 saturated carbocycles. The van der Waals surface area contributed by atoms with Gasteiger partial charge in [-0.3, -0.25) is 10.1 Å². The molecular formula is C16H17N3O3. The van der Waals surface area contributed by atoms with Crippen LogP contribution in [-0.4, -0.2) is 17.8 Å². The highest BCUT2D eigenvalue weighted by molar-refractivity contribution is 5.66. The number of carbonyl (C=O) groups is 1. The maximum atomic E-state index is 11.0. The molecule has 6 heteroatoms. The van der Waals surface area contributed by atoms with Crippen LogP contribution >= 0.6 is 0 Å². The molecule has 2 aromatic rings. The van der Waals surface area contributed by atoms with E-state index in [0.717, 1.165) is 23.8 Å². The Morgan fingerprint density at radius 2 is 1.82 bits per heavy atom. The highest BCUT2D eigenvalue weighted by Crippen LogP contribution is 2.26. The van der Waals surface area contributed by atoms with E-state index >= 15 is 0 Å². The molecule has 0 radical (unpaired) electrons. The second kappa shape index (κ2) is 7.21. The number of hydrogen-bond donors (Lipinski definition) is 2. The molecule has 0 heterocycles. The Bertz CT molecular complexity index is 669. The topological polar surface area (TPSA) is 98.3 Å². The number of carbonyl (C=O) groups excluding carboxylic acids is 1. The van der Waals surface area contributed by atoms with Crippen molar-refractivity contribution in [3.8, 4) is 0 Å². The average molecular weight is 299 g/mol. The summed E-state index contributed by atoms with van der Waals surface area (Å²) >= 11 is 0. The number of nitrogen functional groups attached to an aromatic ring is 1. The van der Waals surface area contributed by atoms with Crippen molar-refractivity contribution < 1.29 is 9.72 Å². The zero-order valence-electron chi connectivity index (χ0n) is 12.0. The van der Waals surface area contributed by atoms with Gasteiger partial charge in [0.25, 0.3) is 5.69 Å². The quantitative estimate of drug-likeness (QED) is 0.354. The molecule has 0 amide bonds. The monoisotopic (exact) mass is 299 g/mol. The van der Waals surface area contributed by atoms with Crippen molar-refractivity contribution in [1.29, 1.82) is 0 Å². The molecule has 0 aliphatic rings. The lowest BCUT2D eigenvalue weighted by molar-refractivity contribution is -0.383. The van der Waals surface area contributed by atoms with Gasteiger partial charge in [-0.25, -0.2) is 0 Å². The molecule has 114 valence electrons. The fourth-order valence-electron chi connectivity index (χ4n) is 2.13. The van der Waals surface area contributed by atoms with Crippen molar-refractivity contribution >= 4 is 23.3 Å². The standard InChI is InChI=1S/C16H17N3O3/c17-14-5-6-15(16(11-14)19(21)22)18-9-7-12-1-3-13(4-2-12)8-10-20/h1-6,10-11,18H,7-9,17H2. The van der Waals surface area contributed by atoms with Gasteiger partial charge in [0, 0.05) is 24.7 Å². The molecule has 0 saturated heterocycles. The van der Waals surface area contributed by atoms with Crippen LogP contribution in [0.4, 0.5) is 17.1 Å². The van der Waals surface area contributed by atoms with Gasteiger partial charge in [0.05, 0.1) is 4.92 Å². The first-order chi connectivity index (χ1) is 10.6. The summed E-state index contributed by atoms with van der Waals surface area (Å²) in [5.41, 5.74) is 8.43. The lowest BCUT2D eigenvalue weighted by atomic mass is 10.1. The predicted octanol–water partition coefficient (Wildman–Crippen LogP) is 2.57. The molecule has 0 aromatic heterocycles. The van der Waals surface area contributed by atoms with Gasteiger partial charge < -0.3 is 15.8 Å². The molecule has 0 bridgehead atoms. The number of nitro groups is 1. The molecule has 2 aromatic carbocycles. The van der Waals surface area contributed by atoms with Gasteiger partial charge in [0.1, 0.15) is 12.0 Å². The fourth-order valence-corrected chi connectivity index (χ4v) is 2.13. The van der Waals surface area contributed by atoms with Gasteiger partial charge in [-0.2, -0.15) is 0 Å². The largest absolute Gasteiger partial charge is 0.399 e. The molecule has 6 nitrogen and oxygen atoms in total. The van der Waals surface area contributed by atoms with Gasteiger partial charge in [0.2, 0.25) is 0 Å². The number of benzene rings is 2. The van der Waals surface area contributed by atoms with Gasteiger partial charge in [-0.05, 0) is 29.7 Å². The Hall–Kier alpha value is -2.89. The van der Waals surface area contributed by atoms with Crippen LogP contribution in [0, 0.1) is 10.1 Å². The average Bonchev–Trinajstić information content (AvgIpc) is 2.50. The van der Waals surface area contributed by atoms with Crippen LogP contribution in [0.3, 0.4) is 0 Å². The summed E-state index contributed by atoms with van der Waals surface area (Å²) in [4.78, 5) is 21.0. The Morgan fingerprint density at radius 1 is 1.14 bits per heavy atom. The van der Waals surface area contributed by atoms with Crippen LogP contribution in [0.25, 0.3) is 0 Å². The predicted molar refractivity (Wildman–Crippen MR) is 85.9 cm³/mol. The molecule has 22 heavy (non-hydrogen) atoms. The number of nitrogens with one attached hydrogen (secondary N) is 1. The summed E-state index contributed by atoms with van der Waals surface area (Å²) in [5.74, 6) is 0. The first kappa shape index (κ1) is 15.5. The lowest BCUT2D eigenvalue weighted by Gasteiger charge is -2.08. The first-order valence-electron chi connectivity index (χ1n) is 6.89. The second-order valence-corrected chi connectivity index (χ2v) is 4.90. The molecule has 0 unspecified atom stereocenters. The first-order valence-corrected chi connectivity index (χ1v) is 6.89. The molecule has 0 spiro atoms. The van der Waals surface area contributed by atoms with Crippen LogP contribution < -0.4 is 11.1 Å². The number of anilines is 2. The lowest BCUT2D eigenvalue weighted by Crippen LogP contribution is -2.07. The molecule has 0 fully saturated rings. The molecule has 0 aliphatic heterocycles. The minimum absolute atomic E-state index is 0.0265. The van der Waals surface area contributed by atoms with Gasteiger partial charge in [0.15, 0.2) is 0 Å². The van der Waals surface area contributed by atoms with Crippen LogP contribution in [-0.2, 0) is 17.6 Å². The maximum Gasteiger partial charge on any atom is 0.294 e. The van der Waals surface area contributed by atoms with Crippen LogP contribution in [0.2, 0.25) is 0 Å². The van der Waals surface area contributed by atoms with E-state index in [1.165, 1.54) is 6.07 Å². The SMILES string of the molecule is Nc1ccc(NCCc2ccc(CC=O)cc2)c([N+](=O)[O-])c1. The zero-order valence-corrected chi connectivity index (χ0v) is 12.0. The Morgan fingerprint density at radius 3 is 2.45 bits per heavy atom. The van der Waals surface area contributed by atoms with Crippen LogP contribution in [0.1, 0.15) is 11.1 Å². The third-order valence-corrected chi connectivity index (χ3v) is 3.29. The summed E-state index contributed by atoms with van der Waals surface area (Å²) in [6, 6.07) is 12.3. The van der Waals surface area contributed by atoms with Crippen molar-refractivity contribution in [1.82, 2.24) is 0 Å². The Balaban J connectivity index is 1.96. The van der Waals surface area contributed by atoms with E-state index in [0.29, 0.717) is 24.3 Å². The van der Waals surface area contributed by atoms with Crippen LogP contribution in [0.15, 0.2) is 42.5 Å². The zero-order chi connectivity index (χ0) is 15.9. The van der Waals surface area contributed by atoms with E-state index < -0.39 is 4.92 Å². The van der Waals surface area contributed by atoms with E-state index in [4.69, 9.17) is 5.73 Å². The molecule has 0 atom stereocenters. The summed E-state index contributed by atoms with van der Waals surface area (Å²) in [5, 5.41) is 14.0. The van der Waals surface area contributed by atoms with Gasteiger partial charge in [-0.1, -0.05) is 24.3 Å². The summed E-state index contributed by atoms with van der Waals surface area (Å²) < 4.78 is 0. The van der Waals surface area contributed by atoms with Crippen molar-refractivity contribution in [3.63, 3.8) is 0 Å². The Kier molecular flexibility index (Phi) is 5.08. The van der Waals surface area contributed by atoms with E-state index in [9.17, 15) is 14.9 Å². The normalized spacial score (nSPS) is 10.2. The smallest absolute Gasteiger partial charge is 0.294 e. The van der Waals surface area contributed by atoms with E-state index in [1.807, 2.05) is 24.3 Å². The summed E-state index contributed by atoms with van der Waals surface area (Å²) in [7, 11) is 0. The fraction of sp³-hybridized carbons (Fsp3) is 0.188. The molecular weight excluding hydrogens is 282 g/mol.